The fourth-order valence-electron chi connectivity index (χ4n) is 1.96. The summed E-state index contributed by atoms with van der Waals surface area (Å²) >= 11 is 6.85. The molecule has 0 spiro atoms. The summed E-state index contributed by atoms with van der Waals surface area (Å²) < 4.78 is 68.0. The SMILES string of the molecule is O=S(=O)(Oc1ccc2c(-c3ccc(Cl)cc3)nsc2c1)C(F)(F)F. The molecule has 126 valence electrons. The minimum absolute atomic E-state index is 0.425. The maximum atomic E-state index is 12.4. The molecule has 0 unspecified atom stereocenters. The van der Waals surface area contributed by atoms with Crippen molar-refractivity contribution in [1.29, 1.82) is 0 Å². The van der Waals surface area contributed by atoms with E-state index in [2.05, 4.69) is 8.56 Å². The largest absolute Gasteiger partial charge is 0.534 e. The van der Waals surface area contributed by atoms with Crippen LogP contribution in [0.15, 0.2) is 42.5 Å². The second-order valence-electron chi connectivity index (χ2n) is 4.68. The Bertz CT molecular complexity index is 998. The van der Waals surface area contributed by atoms with E-state index in [0.717, 1.165) is 23.2 Å². The number of alkyl halides is 3. The molecule has 24 heavy (non-hydrogen) atoms. The Kier molecular flexibility index (Phi) is 4.18. The van der Waals surface area contributed by atoms with Crippen LogP contribution in [-0.2, 0) is 10.1 Å². The van der Waals surface area contributed by atoms with Gasteiger partial charge in [0, 0.05) is 22.0 Å². The first-order valence-electron chi connectivity index (χ1n) is 6.33. The number of benzene rings is 2. The highest BCUT2D eigenvalue weighted by Crippen LogP contribution is 2.35. The van der Waals surface area contributed by atoms with Crippen LogP contribution in [-0.4, -0.2) is 18.3 Å². The molecule has 3 rings (SSSR count). The molecule has 0 fully saturated rings. The van der Waals surface area contributed by atoms with Crippen LogP contribution in [0.1, 0.15) is 0 Å². The summed E-state index contributed by atoms with van der Waals surface area (Å²) in [7, 11) is -5.70. The minimum Gasteiger partial charge on any atom is -0.376 e. The first-order chi connectivity index (χ1) is 11.2. The zero-order valence-electron chi connectivity index (χ0n) is 11.5. The van der Waals surface area contributed by atoms with Crippen LogP contribution in [0.25, 0.3) is 21.3 Å². The molecule has 0 amide bonds. The first kappa shape index (κ1) is 17.0. The predicted octanol–water partition coefficient (Wildman–Crippen LogP) is 4.85. The number of aromatic nitrogens is 1. The molecule has 0 N–H and O–H groups in total. The van der Waals surface area contributed by atoms with Crippen molar-refractivity contribution in [3.63, 3.8) is 0 Å². The summed E-state index contributed by atoms with van der Waals surface area (Å²) in [6, 6.07) is 10.7. The fourth-order valence-corrected chi connectivity index (χ4v) is 3.36. The lowest BCUT2D eigenvalue weighted by Crippen LogP contribution is -2.27. The van der Waals surface area contributed by atoms with Gasteiger partial charge in [0.1, 0.15) is 5.75 Å². The highest BCUT2D eigenvalue weighted by Gasteiger charge is 2.48. The van der Waals surface area contributed by atoms with Gasteiger partial charge in [-0.3, -0.25) is 0 Å². The van der Waals surface area contributed by atoms with E-state index in [-0.39, 0.29) is 0 Å². The van der Waals surface area contributed by atoms with Crippen LogP contribution >= 0.6 is 23.1 Å². The van der Waals surface area contributed by atoms with Crippen LogP contribution in [0.3, 0.4) is 0 Å². The zero-order valence-corrected chi connectivity index (χ0v) is 13.9. The number of halogens is 4. The van der Waals surface area contributed by atoms with Crippen molar-refractivity contribution in [2.24, 2.45) is 0 Å². The summed E-state index contributed by atoms with van der Waals surface area (Å²) in [5, 5.41) is 1.23. The van der Waals surface area contributed by atoms with Crippen LogP contribution in [0.5, 0.6) is 5.75 Å². The number of hydrogen-bond donors (Lipinski definition) is 0. The Labute approximate surface area is 143 Å². The quantitative estimate of drug-likeness (QED) is 0.471. The standard InChI is InChI=1S/C14H7ClF3NO3S2/c15-9-3-1-8(2-4-9)13-11-6-5-10(7-12(11)23-19-13)22-24(20,21)14(16,17)18/h1-7H. The van der Waals surface area contributed by atoms with Crippen molar-refractivity contribution in [3.05, 3.63) is 47.5 Å². The van der Waals surface area contributed by atoms with E-state index in [0.29, 0.717) is 20.8 Å². The molecular formula is C14H7ClF3NO3S2. The predicted molar refractivity (Wildman–Crippen MR) is 85.7 cm³/mol. The van der Waals surface area contributed by atoms with E-state index in [4.69, 9.17) is 11.6 Å². The summed E-state index contributed by atoms with van der Waals surface area (Å²) in [6.45, 7) is 0. The third-order valence-corrected chi connectivity index (χ3v) is 5.09. The normalized spacial score (nSPS) is 12.5. The molecular weight excluding hydrogens is 387 g/mol. The van der Waals surface area contributed by atoms with Gasteiger partial charge in [0.15, 0.2) is 0 Å². The van der Waals surface area contributed by atoms with Crippen molar-refractivity contribution < 1.29 is 25.8 Å². The van der Waals surface area contributed by atoms with Crippen LogP contribution in [0.4, 0.5) is 13.2 Å². The molecule has 0 saturated carbocycles. The molecule has 4 nitrogen and oxygen atoms in total. The van der Waals surface area contributed by atoms with Crippen LogP contribution < -0.4 is 4.18 Å². The molecule has 0 aliphatic carbocycles. The molecule has 10 heteroatoms. The molecule has 0 bridgehead atoms. The van der Waals surface area contributed by atoms with Gasteiger partial charge in [0.05, 0.1) is 10.4 Å². The Balaban J connectivity index is 1.98. The van der Waals surface area contributed by atoms with Gasteiger partial charge >= 0.3 is 15.6 Å². The zero-order chi connectivity index (χ0) is 17.5. The average Bonchev–Trinajstić information content (AvgIpc) is 2.89. The second-order valence-corrected chi connectivity index (χ2v) is 7.46. The lowest BCUT2D eigenvalue weighted by atomic mass is 10.1. The molecule has 0 saturated heterocycles. The molecule has 0 aliphatic heterocycles. The van der Waals surface area contributed by atoms with Gasteiger partial charge in [0.25, 0.3) is 0 Å². The molecule has 0 radical (unpaired) electrons. The van der Waals surface area contributed by atoms with Crippen LogP contribution in [0, 0.1) is 0 Å². The second kappa shape index (κ2) is 5.91. The Hall–Kier alpha value is -1.84. The van der Waals surface area contributed by atoms with Crippen molar-refractivity contribution in [1.82, 2.24) is 4.37 Å². The van der Waals surface area contributed by atoms with Crippen molar-refractivity contribution in [2.45, 2.75) is 5.51 Å². The van der Waals surface area contributed by atoms with E-state index in [1.807, 2.05) is 0 Å². The molecule has 0 atom stereocenters. The van der Waals surface area contributed by atoms with Gasteiger partial charge in [-0.25, -0.2) is 0 Å². The Morgan fingerprint density at radius 3 is 2.38 bits per heavy atom. The van der Waals surface area contributed by atoms with E-state index in [9.17, 15) is 21.6 Å². The molecule has 1 aromatic heterocycles. The van der Waals surface area contributed by atoms with Gasteiger partial charge in [-0.1, -0.05) is 23.7 Å². The van der Waals surface area contributed by atoms with Gasteiger partial charge in [0.2, 0.25) is 0 Å². The number of fused-ring (bicyclic) bond motifs is 1. The summed E-state index contributed by atoms with van der Waals surface area (Å²) in [5.74, 6) is -0.425. The molecule has 2 aromatic carbocycles. The summed E-state index contributed by atoms with van der Waals surface area (Å²) in [4.78, 5) is 0. The smallest absolute Gasteiger partial charge is 0.376 e. The average molecular weight is 394 g/mol. The monoisotopic (exact) mass is 393 g/mol. The number of nitrogens with zero attached hydrogens (tertiary/aromatic N) is 1. The van der Waals surface area contributed by atoms with E-state index < -0.39 is 21.4 Å². The maximum absolute atomic E-state index is 12.4. The third kappa shape index (κ3) is 3.19. The lowest BCUT2D eigenvalue weighted by molar-refractivity contribution is -0.0500. The Morgan fingerprint density at radius 1 is 1.08 bits per heavy atom. The molecule has 1 heterocycles. The van der Waals surface area contributed by atoms with Gasteiger partial charge < -0.3 is 4.18 Å². The molecule has 3 aromatic rings. The van der Waals surface area contributed by atoms with Crippen molar-refractivity contribution >= 4 is 43.3 Å². The topological polar surface area (TPSA) is 56.3 Å². The fraction of sp³-hybridized carbons (Fsp3) is 0.0714. The third-order valence-electron chi connectivity index (χ3n) is 3.05. The van der Waals surface area contributed by atoms with E-state index >= 15 is 0 Å². The van der Waals surface area contributed by atoms with Crippen molar-refractivity contribution in [3.8, 4) is 17.0 Å². The van der Waals surface area contributed by atoms with E-state index in [1.54, 1.807) is 24.3 Å². The lowest BCUT2D eigenvalue weighted by Gasteiger charge is -2.09. The van der Waals surface area contributed by atoms with Crippen molar-refractivity contribution in [2.75, 3.05) is 0 Å². The highest BCUT2D eigenvalue weighted by molar-refractivity contribution is 7.88. The summed E-state index contributed by atoms with van der Waals surface area (Å²) in [5.41, 5.74) is -4.08. The maximum Gasteiger partial charge on any atom is 0.534 e. The van der Waals surface area contributed by atoms with E-state index in [1.165, 1.54) is 12.1 Å². The van der Waals surface area contributed by atoms with Crippen LogP contribution in [0.2, 0.25) is 5.02 Å². The highest BCUT2D eigenvalue weighted by atomic mass is 35.5. The first-order valence-corrected chi connectivity index (χ1v) is 8.89. The number of hydrogen-bond acceptors (Lipinski definition) is 5. The van der Waals surface area contributed by atoms with Gasteiger partial charge in [-0.05, 0) is 35.8 Å². The Morgan fingerprint density at radius 2 is 1.75 bits per heavy atom. The summed E-state index contributed by atoms with van der Waals surface area (Å²) in [6.07, 6.45) is 0. The minimum atomic E-state index is -5.70. The molecule has 0 aliphatic rings. The van der Waals surface area contributed by atoms with Gasteiger partial charge in [-0.2, -0.15) is 26.0 Å². The van der Waals surface area contributed by atoms with Gasteiger partial charge in [-0.15, -0.1) is 0 Å². The number of rotatable bonds is 3.